The number of rotatable bonds is 17. The van der Waals surface area contributed by atoms with Crippen molar-refractivity contribution in [1.82, 2.24) is 0 Å². The van der Waals surface area contributed by atoms with Crippen molar-refractivity contribution in [1.29, 1.82) is 0 Å². The number of hydrogen-bond donors (Lipinski definition) is 0. The standard InChI is InChI=1S/C18H38O2/c1-3-4-5-6-7-8-9-10-11-12-13-17-20-18-15-14-16-19-2/h3-18H2,1-2H3. The fourth-order valence-corrected chi connectivity index (χ4v) is 2.42. The van der Waals surface area contributed by atoms with Crippen molar-refractivity contribution >= 4 is 0 Å². The molecule has 0 aromatic rings. The lowest BCUT2D eigenvalue weighted by atomic mass is 10.1. The summed E-state index contributed by atoms with van der Waals surface area (Å²) in [5.74, 6) is 0. The minimum absolute atomic E-state index is 0.863. The highest BCUT2D eigenvalue weighted by atomic mass is 16.5. The zero-order chi connectivity index (χ0) is 14.7. The van der Waals surface area contributed by atoms with E-state index in [-0.39, 0.29) is 0 Å². The molecule has 0 aliphatic rings. The van der Waals surface area contributed by atoms with Gasteiger partial charge in [-0.2, -0.15) is 0 Å². The third-order valence-corrected chi connectivity index (χ3v) is 3.78. The van der Waals surface area contributed by atoms with E-state index in [1.54, 1.807) is 7.11 Å². The molecule has 2 heteroatoms. The van der Waals surface area contributed by atoms with Crippen LogP contribution in [0.25, 0.3) is 0 Å². The normalized spacial score (nSPS) is 11.1. The van der Waals surface area contributed by atoms with E-state index in [0.29, 0.717) is 0 Å². The molecule has 0 aromatic carbocycles. The first-order chi connectivity index (χ1) is 9.91. The lowest BCUT2D eigenvalue weighted by Crippen LogP contribution is -1.99. The molecular weight excluding hydrogens is 248 g/mol. The Morgan fingerprint density at radius 2 is 0.900 bits per heavy atom. The Bertz CT molecular complexity index is 141. The average Bonchev–Trinajstić information content (AvgIpc) is 2.47. The van der Waals surface area contributed by atoms with Crippen molar-refractivity contribution in [3.05, 3.63) is 0 Å². The van der Waals surface area contributed by atoms with Crippen LogP contribution in [0.5, 0.6) is 0 Å². The molecule has 0 fully saturated rings. The van der Waals surface area contributed by atoms with E-state index in [1.807, 2.05) is 0 Å². The fraction of sp³-hybridized carbons (Fsp3) is 1.00. The van der Waals surface area contributed by atoms with E-state index in [2.05, 4.69) is 6.92 Å². The lowest BCUT2D eigenvalue weighted by Gasteiger charge is -2.04. The van der Waals surface area contributed by atoms with Crippen molar-refractivity contribution in [3.63, 3.8) is 0 Å². The first-order valence-corrected chi connectivity index (χ1v) is 8.98. The van der Waals surface area contributed by atoms with Crippen molar-refractivity contribution in [2.75, 3.05) is 26.9 Å². The maximum Gasteiger partial charge on any atom is 0.0466 e. The summed E-state index contributed by atoms with van der Waals surface area (Å²) in [6.45, 7) is 5.00. The Morgan fingerprint density at radius 3 is 1.40 bits per heavy atom. The molecule has 122 valence electrons. The SMILES string of the molecule is CCCCCCCCCCCCCOCCCCOC. The number of hydrogen-bond acceptors (Lipinski definition) is 2. The smallest absolute Gasteiger partial charge is 0.0466 e. The van der Waals surface area contributed by atoms with Gasteiger partial charge in [0.25, 0.3) is 0 Å². The minimum atomic E-state index is 0.863. The molecule has 0 aliphatic carbocycles. The van der Waals surface area contributed by atoms with Crippen LogP contribution in [0.3, 0.4) is 0 Å². The van der Waals surface area contributed by atoms with Crippen LogP contribution in [0.4, 0.5) is 0 Å². The zero-order valence-electron chi connectivity index (χ0n) is 14.1. The Kier molecular flexibility index (Phi) is 18.8. The van der Waals surface area contributed by atoms with Crippen LogP contribution in [0.2, 0.25) is 0 Å². The second kappa shape index (κ2) is 18.9. The van der Waals surface area contributed by atoms with Gasteiger partial charge in [-0.3, -0.25) is 0 Å². The van der Waals surface area contributed by atoms with E-state index < -0.39 is 0 Å². The first kappa shape index (κ1) is 19.9. The first-order valence-electron chi connectivity index (χ1n) is 8.98. The van der Waals surface area contributed by atoms with Crippen LogP contribution in [0.1, 0.15) is 90.4 Å². The fourth-order valence-electron chi connectivity index (χ4n) is 2.42. The van der Waals surface area contributed by atoms with Gasteiger partial charge in [-0.1, -0.05) is 71.1 Å². The molecule has 0 atom stereocenters. The van der Waals surface area contributed by atoms with Crippen LogP contribution in [0, 0.1) is 0 Å². The average molecular weight is 286 g/mol. The van der Waals surface area contributed by atoms with Crippen LogP contribution in [0.15, 0.2) is 0 Å². The van der Waals surface area contributed by atoms with E-state index in [9.17, 15) is 0 Å². The molecule has 0 heterocycles. The van der Waals surface area contributed by atoms with Crippen LogP contribution in [-0.2, 0) is 9.47 Å². The van der Waals surface area contributed by atoms with Gasteiger partial charge in [0.15, 0.2) is 0 Å². The molecule has 0 spiro atoms. The highest BCUT2D eigenvalue weighted by Gasteiger charge is 1.94. The molecule has 0 unspecified atom stereocenters. The van der Waals surface area contributed by atoms with Crippen LogP contribution in [-0.4, -0.2) is 26.9 Å². The number of methoxy groups -OCH3 is 1. The quantitative estimate of drug-likeness (QED) is 0.317. The van der Waals surface area contributed by atoms with Gasteiger partial charge in [-0.15, -0.1) is 0 Å². The summed E-state index contributed by atoms with van der Waals surface area (Å²) in [6, 6.07) is 0. The molecule has 0 aliphatic heterocycles. The van der Waals surface area contributed by atoms with Gasteiger partial charge in [-0.05, 0) is 19.3 Å². The van der Waals surface area contributed by atoms with Gasteiger partial charge in [0.05, 0.1) is 0 Å². The zero-order valence-corrected chi connectivity index (χ0v) is 14.1. The molecule has 0 rings (SSSR count). The van der Waals surface area contributed by atoms with Crippen LogP contribution < -0.4 is 0 Å². The van der Waals surface area contributed by atoms with Gasteiger partial charge in [0.2, 0.25) is 0 Å². The van der Waals surface area contributed by atoms with Gasteiger partial charge in [-0.25, -0.2) is 0 Å². The minimum Gasteiger partial charge on any atom is -0.385 e. The Hall–Kier alpha value is -0.0800. The molecule has 2 nitrogen and oxygen atoms in total. The third-order valence-electron chi connectivity index (χ3n) is 3.78. The summed E-state index contributed by atoms with van der Waals surface area (Å²) >= 11 is 0. The second-order valence-electron chi connectivity index (χ2n) is 5.85. The summed E-state index contributed by atoms with van der Waals surface area (Å²) in [6.07, 6.45) is 17.6. The van der Waals surface area contributed by atoms with Gasteiger partial charge >= 0.3 is 0 Å². The summed E-state index contributed by atoms with van der Waals surface area (Å²) < 4.78 is 10.6. The molecule has 0 aromatic heterocycles. The largest absolute Gasteiger partial charge is 0.385 e. The van der Waals surface area contributed by atoms with E-state index >= 15 is 0 Å². The van der Waals surface area contributed by atoms with E-state index in [1.165, 1.54) is 70.6 Å². The number of unbranched alkanes of at least 4 members (excludes halogenated alkanes) is 11. The maximum atomic E-state index is 5.61. The topological polar surface area (TPSA) is 18.5 Å². The highest BCUT2D eigenvalue weighted by Crippen LogP contribution is 2.11. The Morgan fingerprint density at radius 1 is 0.500 bits per heavy atom. The predicted octanol–water partition coefficient (Wildman–Crippen LogP) is 5.74. The lowest BCUT2D eigenvalue weighted by molar-refractivity contribution is 0.115. The monoisotopic (exact) mass is 286 g/mol. The Balaban J connectivity index is 2.89. The van der Waals surface area contributed by atoms with Gasteiger partial charge in [0, 0.05) is 26.9 Å². The molecule has 20 heavy (non-hydrogen) atoms. The maximum absolute atomic E-state index is 5.61. The molecular formula is C18H38O2. The van der Waals surface area contributed by atoms with Gasteiger partial charge < -0.3 is 9.47 Å². The molecule has 0 saturated carbocycles. The van der Waals surface area contributed by atoms with Gasteiger partial charge in [0.1, 0.15) is 0 Å². The Labute approximate surface area is 127 Å². The predicted molar refractivity (Wildman–Crippen MR) is 88.4 cm³/mol. The van der Waals surface area contributed by atoms with Crippen molar-refractivity contribution in [3.8, 4) is 0 Å². The van der Waals surface area contributed by atoms with Crippen molar-refractivity contribution in [2.24, 2.45) is 0 Å². The van der Waals surface area contributed by atoms with Crippen molar-refractivity contribution in [2.45, 2.75) is 90.4 Å². The molecule has 0 bridgehead atoms. The summed E-state index contributed by atoms with van der Waals surface area (Å²) in [4.78, 5) is 0. The number of ether oxygens (including phenoxy) is 2. The summed E-state index contributed by atoms with van der Waals surface area (Å²) in [7, 11) is 1.76. The van der Waals surface area contributed by atoms with Crippen LogP contribution >= 0.6 is 0 Å². The molecule has 0 saturated heterocycles. The summed E-state index contributed by atoms with van der Waals surface area (Å²) in [5.41, 5.74) is 0. The third kappa shape index (κ3) is 17.9. The summed E-state index contributed by atoms with van der Waals surface area (Å²) in [5, 5.41) is 0. The second-order valence-corrected chi connectivity index (χ2v) is 5.85. The molecule has 0 N–H and O–H groups in total. The van der Waals surface area contributed by atoms with E-state index in [4.69, 9.17) is 9.47 Å². The molecule has 0 amide bonds. The molecule has 0 radical (unpaired) electrons. The van der Waals surface area contributed by atoms with E-state index in [0.717, 1.165) is 32.7 Å². The highest BCUT2D eigenvalue weighted by molar-refractivity contribution is 4.48. The van der Waals surface area contributed by atoms with Crippen molar-refractivity contribution < 1.29 is 9.47 Å².